The van der Waals surface area contributed by atoms with Gasteiger partial charge in [-0.3, -0.25) is 9.69 Å². The third-order valence-corrected chi connectivity index (χ3v) is 9.26. The first-order valence-electron chi connectivity index (χ1n) is 10.8. The second-order valence-electron chi connectivity index (χ2n) is 8.28. The molecule has 31 heavy (non-hydrogen) atoms. The number of piperidine rings is 1. The molecule has 0 saturated carbocycles. The van der Waals surface area contributed by atoms with Gasteiger partial charge in [-0.1, -0.05) is 18.1 Å². The minimum absolute atomic E-state index is 0.148. The van der Waals surface area contributed by atoms with Gasteiger partial charge in [-0.15, -0.1) is 11.3 Å². The van der Waals surface area contributed by atoms with Crippen molar-refractivity contribution < 1.29 is 17.7 Å². The van der Waals surface area contributed by atoms with Crippen molar-refractivity contribution in [2.75, 3.05) is 39.3 Å². The Morgan fingerprint density at radius 3 is 2.61 bits per heavy atom. The van der Waals surface area contributed by atoms with Crippen LogP contribution in [0.3, 0.4) is 0 Å². The number of carbonyl (C=O) groups is 1. The van der Waals surface area contributed by atoms with Gasteiger partial charge in [0.25, 0.3) is 10.0 Å². The minimum atomic E-state index is -3.40. The number of hydrogen-bond acceptors (Lipinski definition) is 8. The van der Waals surface area contributed by atoms with Crippen LogP contribution in [-0.4, -0.2) is 77.8 Å². The van der Waals surface area contributed by atoms with Crippen molar-refractivity contribution in [3.05, 3.63) is 29.2 Å². The molecule has 4 rings (SSSR count). The fourth-order valence-electron chi connectivity index (χ4n) is 3.95. The van der Waals surface area contributed by atoms with Crippen LogP contribution >= 0.6 is 11.3 Å². The van der Waals surface area contributed by atoms with Gasteiger partial charge in [0, 0.05) is 52.1 Å². The van der Waals surface area contributed by atoms with E-state index in [2.05, 4.69) is 22.0 Å². The summed E-state index contributed by atoms with van der Waals surface area (Å²) in [6.45, 7) is 6.51. The summed E-state index contributed by atoms with van der Waals surface area (Å²) in [6, 6.07) is 3.39. The second kappa shape index (κ2) is 9.76. The molecule has 9 nitrogen and oxygen atoms in total. The van der Waals surface area contributed by atoms with Gasteiger partial charge in [0.1, 0.15) is 4.21 Å². The average molecular weight is 468 g/mol. The molecule has 0 atom stereocenters. The van der Waals surface area contributed by atoms with Crippen molar-refractivity contribution in [1.29, 1.82) is 0 Å². The maximum absolute atomic E-state index is 12.6. The quantitative estimate of drug-likeness (QED) is 0.612. The zero-order chi connectivity index (χ0) is 21.8. The van der Waals surface area contributed by atoms with Crippen LogP contribution in [-0.2, 0) is 27.8 Å². The number of piperazine rings is 1. The van der Waals surface area contributed by atoms with Crippen molar-refractivity contribution in [1.82, 2.24) is 24.2 Å². The average Bonchev–Trinajstić information content (AvgIpc) is 3.46. The Morgan fingerprint density at radius 2 is 1.94 bits per heavy atom. The molecule has 11 heteroatoms. The number of hydrogen-bond donors (Lipinski definition) is 0. The lowest BCUT2D eigenvalue weighted by Crippen LogP contribution is -2.48. The fraction of sp³-hybridized carbons (Fsp3) is 0.650. The Kier molecular flexibility index (Phi) is 7.05. The molecule has 1 amide bonds. The van der Waals surface area contributed by atoms with Gasteiger partial charge in [0.2, 0.25) is 11.8 Å². The van der Waals surface area contributed by atoms with Crippen LogP contribution in [0.5, 0.6) is 0 Å². The molecule has 0 aliphatic carbocycles. The normalized spacial score (nSPS) is 19.7. The van der Waals surface area contributed by atoms with Gasteiger partial charge >= 0.3 is 0 Å². The Morgan fingerprint density at radius 1 is 1.19 bits per heavy atom. The number of thiophene rings is 1. The molecule has 2 aromatic heterocycles. The van der Waals surface area contributed by atoms with Gasteiger partial charge in [-0.2, -0.15) is 9.29 Å². The number of sulfonamides is 1. The maximum atomic E-state index is 12.6. The second-order valence-corrected chi connectivity index (χ2v) is 11.4. The third-order valence-electron chi connectivity index (χ3n) is 5.98. The monoisotopic (exact) mass is 467 g/mol. The third kappa shape index (κ3) is 5.51. The largest absolute Gasteiger partial charge is 0.343 e. The molecule has 0 spiro atoms. The molecular weight excluding hydrogens is 438 g/mol. The van der Waals surface area contributed by atoms with Crippen molar-refractivity contribution in [2.24, 2.45) is 5.92 Å². The molecule has 2 aliphatic rings. The van der Waals surface area contributed by atoms with E-state index in [0.717, 1.165) is 25.9 Å². The Balaban J connectivity index is 1.22. The van der Waals surface area contributed by atoms with E-state index < -0.39 is 10.0 Å². The summed E-state index contributed by atoms with van der Waals surface area (Å²) in [5.74, 6) is 1.89. The van der Waals surface area contributed by atoms with Crippen molar-refractivity contribution in [2.45, 2.75) is 43.4 Å². The van der Waals surface area contributed by atoms with Gasteiger partial charge in [0.15, 0.2) is 5.82 Å². The Hall–Kier alpha value is -1.82. The summed E-state index contributed by atoms with van der Waals surface area (Å²) in [4.78, 5) is 20.8. The van der Waals surface area contributed by atoms with Gasteiger partial charge in [0.05, 0.1) is 6.54 Å². The number of amides is 1. The van der Waals surface area contributed by atoms with E-state index in [1.807, 2.05) is 4.90 Å². The minimum Gasteiger partial charge on any atom is -0.343 e. The van der Waals surface area contributed by atoms with E-state index in [-0.39, 0.29) is 5.91 Å². The zero-order valence-electron chi connectivity index (χ0n) is 17.8. The summed E-state index contributed by atoms with van der Waals surface area (Å²) < 4.78 is 32.5. The predicted molar refractivity (Wildman–Crippen MR) is 116 cm³/mol. The van der Waals surface area contributed by atoms with Gasteiger partial charge in [-0.25, -0.2) is 8.42 Å². The molecule has 4 heterocycles. The molecule has 170 valence electrons. The van der Waals surface area contributed by atoms with Crippen LogP contribution < -0.4 is 0 Å². The highest BCUT2D eigenvalue weighted by atomic mass is 32.2. The fourth-order valence-corrected chi connectivity index (χ4v) is 6.52. The Labute approximate surface area is 187 Å². The topological polar surface area (TPSA) is 99.9 Å². The molecule has 0 radical (unpaired) electrons. The predicted octanol–water partition coefficient (Wildman–Crippen LogP) is 1.83. The summed E-state index contributed by atoms with van der Waals surface area (Å²) in [7, 11) is -3.40. The van der Waals surface area contributed by atoms with E-state index >= 15 is 0 Å². The highest BCUT2D eigenvalue weighted by Gasteiger charge is 2.29. The molecule has 0 N–H and O–H groups in total. The molecule has 0 aromatic carbocycles. The lowest BCUT2D eigenvalue weighted by Gasteiger charge is -2.32. The zero-order valence-corrected chi connectivity index (χ0v) is 19.4. The van der Waals surface area contributed by atoms with E-state index in [9.17, 15) is 13.2 Å². The Bertz CT molecular complexity index is 960. The first-order chi connectivity index (χ1) is 14.9. The van der Waals surface area contributed by atoms with Gasteiger partial charge in [-0.05, 0) is 30.2 Å². The summed E-state index contributed by atoms with van der Waals surface area (Å²) >= 11 is 1.24. The smallest absolute Gasteiger partial charge is 0.252 e. The molecule has 2 aromatic rings. The number of aryl methyl sites for hydroxylation is 1. The molecular formula is C20H29N5O4S2. The molecule has 2 fully saturated rings. The number of carbonyl (C=O) groups excluding carboxylic acids is 1. The highest BCUT2D eigenvalue weighted by Crippen LogP contribution is 2.22. The van der Waals surface area contributed by atoms with E-state index in [1.54, 1.807) is 17.5 Å². The SMILES string of the molecule is CC1CCN(C(=O)CCc2nc(CN3CCN(S(=O)(=O)c4cccs4)CC3)no2)CC1. The number of nitrogens with zero attached hydrogens (tertiary/aromatic N) is 5. The lowest BCUT2D eigenvalue weighted by molar-refractivity contribution is -0.132. The highest BCUT2D eigenvalue weighted by molar-refractivity contribution is 7.91. The van der Waals surface area contributed by atoms with Crippen molar-refractivity contribution in [3.8, 4) is 0 Å². The molecule has 0 unspecified atom stereocenters. The standard InChI is InChI=1S/C20H29N5O4S2/c1-16-6-8-24(9-7-16)19(26)5-4-18-21-17(22-29-18)15-23-10-12-25(13-11-23)31(27,28)20-3-2-14-30-20/h2-3,14,16H,4-13,15H2,1H3. The first-order valence-corrected chi connectivity index (χ1v) is 13.1. The molecule has 0 bridgehead atoms. The molecule has 2 saturated heterocycles. The molecule has 2 aliphatic heterocycles. The first kappa shape index (κ1) is 22.4. The van der Waals surface area contributed by atoms with E-state index in [0.29, 0.717) is 67.4 Å². The number of aromatic nitrogens is 2. The van der Waals surface area contributed by atoms with Crippen LogP contribution in [0.25, 0.3) is 0 Å². The van der Waals surface area contributed by atoms with Gasteiger partial charge < -0.3 is 9.42 Å². The van der Waals surface area contributed by atoms with Crippen LogP contribution in [0, 0.1) is 5.92 Å². The number of rotatable bonds is 7. The number of likely N-dealkylation sites (tertiary alicyclic amines) is 1. The summed E-state index contributed by atoms with van der Waals surface area (Å²) in [6.07, 6.45) is 2.97. The maximum Gasteiger partial charge on any atom is 0.252 e. The van der Waals surface area contributed by atoms with Crippen molar-refractivity contribution >= 4 is 27.3 Å². The van der Waals surface area contributed by atoms with Crippen LogP contribution in [0.1, 0.15) is 37.9 Å². The van der Waals surface area contributed by atoms with E-state index in [4.69, 9.17) is 4.52 Å². The summed E-state index contributed by atoms with van der Waals surface area (Å²) in [5.41, 5.74) is 0. The van der Waals surface area contributed by atoms with Crippen LogP contribution in [0.4, 0.5) is 0 Å². The van der Waals surface area contributed by atoms with E-state index in [1.165, 1.54) is 15.6 Å². The summed E-state index contributed by atoms with van der Waals surface area (Å²) in [5, 5.41) is 5.81. The lowest BCUT2D eigenvalue weighted by atomic mass is 9.99. The van der Waals surface area contributed by atoms with Crippen molar-refractivity contribution in [3.63, 3.8) is 0 Å². The van der Waals surface area contributed by atoms with Crippen LogP contribution in [0.15, 0.2) is 26.2 Å². The van der Waals surface area contributed by atoms with Crippen LogP contribution in [0.2, 0.25) is 0 Å².